The van der Waals surface area contributed by atoms with Crippen LogP contribution in [0.25, 0.3) is 0 Å². The molecule has 0 radical (unpaired) electrons. The van der Waals surface area contributed by atoms with Gasteiger partial charge in [-0.25, -0.2) is 15.0 Å². The summed E-state index contributed by atoms with van der Waals surface area (Å²) in [5.41, 5.74) is 0.416. The van der Waals surface area contributed by atoms with Gasteiger partial charge in [0.1, 0.15) is 11.3 Å². The molecule has 7 heteroatoms. The Labute approximate surface area is 163 Å². The largest absolute Gasteiger partial charge is 0.438 e. The number of carbonyl (C=O) groups is 1. The second kappa shape index (κ2) is 8.47. The molecule has 0 bridgehead atoms. The highest BCUT2D eigenvalue weighted by atomic mass is 16.5. The van der Waals surface area contributed by atoms with Gasteiger partial charge < -0.3 is 15.0 Å². The van der Waals surface area contributed by atoms with Gasteiger partial charge in [-0.3, -0.25) is 4.79 Å². The summed E-state index contributed by atoms with van der Waals surface area (Å²) >= 11 is 0. The summed E-state index contributed by atoms with van der Waals surface area (Å²) in [6, 6.07) is 14.6. The maximum atomic E-state index is 12.9. The van der Waals surface area contributed by atoms with Crippen molar-refractivity contribution in [1.29, 1.82) is 0 Å². The minimum absolute atomic E-state index is 0.00911. The van der Waals surface area contributed by atoms with Gasteiger partial charge >= 0.3 is 0 Å². The number of hydrogen-bond acceptors (Lipinski definition) is 6. The second-order valence-electron chi connectivity index (χ2n) is 6.58. The molecule has 1 saturated heterocycles. The molecular formula is C21H21N5O2. The quantitative estimate of drug-likeness (QED) is 0.738. The van der Waals surface area contributed by atoms with Crippen LogP contribution in [0.4, 0.5) is 5.95 Å². The number of amides is 1. The van der Waals surface area contributed by atoms with Crippen LogP contribution in [0.15, 0.2) is 67.1 Å². The van der Waals surface area contributed by atoms with Gasteiger partial charge in [-0.2, -0.15) is 0 Å². The van der Waals surface area contributed by atoms with Gasteiger partial charge in [0.15, 0.2) is 0 Å². The van der Waals surface area contributed by atoms with Crippen molar-refractivity contribution in [2.45, 2.75) is 18.9 Å². The molecule has 3 heterocycles. The van der Waals surface area contributed by atoms with Crippen molar-refractivity contribution in [3.8, 4) is 11.6 Å². The average Bonchev–Trinajstić information content (AvgIpc) is 2.76. The molecule has 1 N–H and O–H groups in total. The number of benzene rings is 1. The summed E-state index contributed by atoms with van der Waals surface area (Å²) in [5.74, 6) is 1.43. The van der Waals surface area contributed by atoms with Crippen molar-refractivity contribution >= 4 is 11.9 Å². The maximum Gasteiger partial charge on any atom is 0.257 e. The number of hydrogen-bond donors (Lipinski definition) is 1. The highest BCUT2D eigenvalue weighted by Gasteiger charge is 2.24. The van der Waals surface area contributed by atoms with Crippen molar-refractivity contribution in [2.24, 2.45) is 0 Å². The molecule has 4 rings (SSSR count). The van der Waals surface area contributed by atoms with Crippen LogP contribution in [0.3, 0.4) is 0 Å². The number of carbonyl (C=O) groups excluding carboxylic acids is 1. The summed E-state index contributed by atoms with van der Waals surface area (Å²) in [5, 5.41) is 3.10. The molecule has 0 spiro atoms. The molecule has 1 fully saturated rings. The number of nitrogens with one attached hydrogen (secondary N) is 1. The Bertz CT molecular complexity index is 920. The Morgan fingerprint density at radius 1 is 1.00 bits per heavy atom. The number of aromatic nitrogens is 3. The maximum absolute atomic E-state index is 12.9. The van der Waals surface area contributed by atoms with Crippen LogP contribution < -0.4 is 15.0 Å². The van der Waals surface area contributed by atoms with Crippen LogP contribution in [0.1, 0.15) is 23.2 Å². The molecular weight excluding hydrogens is 354 g/mol. The fraction of sp³-hybridized carbons (Fsp3) is 0.238. The highest BCUT2D eigenvalue weighted by Crippen LogP contribution is 2.23. The molecule has 28 heavy (non-hydrogen) atoms. The molecule has 3 aromatic rings. The number of nitrogens with zero attached hydrogens (tertiary/aromatic N) is 4. The lowest BCUT2D eigenvalue weighted by atomic mass is 10.1. The Balaban J connectivity index is 1.45. The normalized spacial score (nSPS) is 16.4. The van der Waals surface area contributed by atoms with Crippen molar-refractivity contribution in [2.75, 3.05) is 18.0 Å². The predicted molar refractivity (Wildman–Crippen MR) is 105 cm³/mol. The molecule has 0 saturated carbocycles. The van der Waals surface area contributed by atoms with Gasteiger partial charge in [-0.15, -0.1) is 0 Å². The van der Waals surface area contributed by atoms with E-state index in [1.54, 1.807) is 36.8 Å². The molecule has 142 valence electrons. The smallest absolute Gasteiger partial charge is 0.257 e. The van der Waals surface area contributed by atoms with Gasteiger partial charge in [-0.1, -0.05) is 18.2 Å². The van der Waals surface area contributed by atoms with E-state index < -0.39 is 0 Å². The number of ether oxygens (including phenoxy) is 1. The Kier molecular flexibility index (Phi) is 5.42. The first kappa shape index (κ1) is 17.9. The van der Waals surface area contributed by atoms with Gasteiger partial charge in [0.25, 0.3) is 5.91 Å². The molecule has 1 aromatic carbocycles. The van der Waals surface area contributed by atoms with E-state index in [9.17, 15) is 4.79 Å². The van der Waals surface area contributed by atoms with E-state index in [1.165, 1.54) is 0 Å². The third-order valence-electron chi connectivity index (χ3n) is 4.57. The van der Waals surface area contributed by atoms with Gasteiger partial charge in [0.2, 0.25) is 11.8 Å². The fourth-order valence-corrected chi connectivity index (χ4v) is 3.24. The zero-order valence-corrected chi connectivity index (χ0v) is 15.4. The predicted octanol–water partition coefficient (Wildman–Crippen LogP) is 3.06. The number of piperidine rings is 1. The molecule has 1 aliphatic heterocycles. The summed E-state index contributed by atoms with van der Waals surface area (Å²) < 4.78 is 5.81. The first-order valence-electron chi connectivity index (χ1n) is 9.30. The summed E-state index contributed by atoms with van der Waals surface area (Å²) in [6.07, 6.45) is 6.94. The van der Waals surface area contributed by atoms with E-state index in [0.717, 1.165) is 19.4 Å². The number of pyridine rings is 1. The van der Waals surface area contributed by atoms with Crippen LogP contribution in [-0.4, -0.2) is 40.0 Å². The summed E-state index contributed by atoms with van der Waals surface area (Å²) in [7, 11) is 0. The van der Waals surface area contributed by atoms with E-state index in [-0.39, 0.29) is 11.9 Å². The molecule has 2 aromatic heterocycles. The lowest BCUT2D eigenvalue weighted by molar-refractivity contribution is 0.0930. The standard InChI is InChI=1S/C21H21N5O2/c27-19(18-10-4-11-22-20(18)28-17-8-2-1-3-9-17)25-16-7-5-14-26(15-16)21-23-12-6-13-24-21/h1-4,6,8-13,16H,5,7,14-15H2,(H,25,27). The Morgan fingerprint density at radius 3 is 2.61 bits per heavy atom. The molecule has 1 unspecified atom stereocenters. The summed E-state index contributed by atoms with van der Waals surface area (Å²) in [6.45, 7) is 1.55. The van der Waals surface area contributed by atoms with Crippen molar-refractivity contribution in [3.63, 3.8) is 0 Å². The first-order chi connectivity index (χ1) is 13.8. The van der Waals surface area contributed by atoms with E-state index in [2.05, 4.69) is 25.2 Å². The Hall–Kier alpha value is -3.48. The monoisotopic (exact) mass is 375 g/mol. The lowest BCUT2D eigenvalue weighted by Gasteiger charge is -2.33. The topological polar surface area (TPSA) is 80.2 Å². The summed E-state index contributed by atoms with van der Waals surface area (Å²) in [4.78, 5) is 27.8. The zero-order valence-electron chi connectivity index (χ0n) is 15.4. The third kappa shape index (κ3) is 4.25. The average molecular weight is 375 g/mol. The zero-order chi connectivity index (χ0) is 19.2. The van der Waals surface area contributed by atoms with E-state index in [0.29, 0.717) is 29.7 Å². The second-order valence-corrected chi connectivity index (χ2v) is 6.58. The molecule has 1 atom stereocenters. The minimum atomic E-state index is -0.195. The van der Waals surface area contributed by atoms with E-state index in [4.69, 9.17) is 4.74 Å². The van der Waals surface area contributed by atoms with Crippen molar-refractivity contribution in [1.82, 2.24) is 20.3 Å². The molecule has 0 aliphatic carbocycles. The van der Waals surface area contributed by atoms with Crippen LogP contribution in [0.5, 0.6) is 11.6 Å². The van der Waals surface area contributed by atoms with Crippen LogP contribution in [0.2, 0.25) is 0 Å². The van der Waals surface area contributed by atoms with Crippen LogP contribution in [0, 0.1) is 0 Å². The first-order valence-corrected chi connectivity index (χ1v) is 9.30. The van der Waals surface area contributed by atoms with Gasteiger partial charge in [0, 0.05) is 37.7 Å². The van der Waals surface area contributed by atoms with Crippen molar-refractivity contribution < 1.29 is 9.53 Å². The highest BCUT2D eigenvalue weighted by molar-refractivity contribution is 5.96. The fourth-order valence-electron chi connectivity index (χ4n) is 3.24. The van der Waals surface area contributed by atoms with E-state index >= 15 is 0 Å². The lowest BCUT2D eigenvalue weighted by Crippen LogP contribution is -2.48. The van der Waals surface area contributed by atoms with Gasteiger partial charge in [-0.05, 0) is 43.2 Å². The third-order valence-corrected chi connectivity index (χ3v) is 4.57. The minimum Gasteiger partial charge on any atom is -0.438 e. The van der Waals surface area contributed by atoms with Crippen LogP contribution in [-0.2, 0) is 0 Å². The van der Waals surface area contributed by atoms with Crippen molar-refractivity contribution in [3.05, 3.63) is 72.7 Å². The SMILES string of the molecule is O=C(NC1CCCN(c2ncccn2)C1)c1cccnc1Oc1ccccc1. The molecule has 1 amide bonds. The van der Waals surface area contributed by atoms with Crippen LogP contribution >= 0.6 is 0 Å². The molecule has 7 nitrogen and oxygen atoms in total. The molecule has 1 aliphatic rings. The number of anilines is 1. The van der Waals surface area contributed by atoms with E-state index in [1.807, 2.05) is 30.3 Å². The van der Waals surface area contributed by atoms with Gasteiger partial charge in [0.05, 0.1) is 0 Å². The Morgan fingerprint density at radius 2 is 1.79 bits per heavy atom. The number of para-hydroxylation sites is 1. The number of rotatable bonds is 5.